The van der Waals surface area contributed by atoms with Crippen molar-refractivity contribution in [2.24, 2.45) is 0 Å². The van der Waals surface area contributed by atoms with Gasteiger partial charge in [0.1, 0.15) is 0 Å². The maximum absolute atomic E-state index is 11.9. The zero-order valence-electron chi connectivity index (χ0n) is 9.75. The van der Waals surface area contributed by atoms with E-state index in [0.717, 1.165) is 0 Å². The first-order valence-electron chi connectivity index (χ1n) is 5.30. The summed E-state index contributed by atoms with van der Waals surface area (Å²) in [5.41, 5.74) is -2.64. The quantitative estimate of drug-likeness (QED) is 0.509. The Kier molecular flexibility index (Phi) is 2.85. The van der Waals surface area contributed by atoms with E-state index in [1.54, 1.807) is 6.92 Å². The fourth-order valence-electron chi connectivity index (χ4n) is 1.77. The Morgan fingerprint density at radius 2 is 2.00 bits per heavy atom. The zero-order chi connectivity index (χ0) is 13.6. The topological polar surface area (TPSA) is 102 Å². The number of aromatic amines is 1. The molecule has 0 aromatic carbocycles. The smallest absolute Gasteiger partial charge is 0.375 e. The minimum absolute atomic E-state index is 0.0774. The van der Waals surface area contributed by atoms with Crippen molar-refractivity contribution in [2.45, 2.75) is 26.3 Å². The van der Waals surface area contributed by atoms with Gasteiger partial charge in [-0.3, -0.25) is 14.3 Å². The Morgan fingerprint density at radius 1 is 1.39 bits per heavy atom. The molecule has 8 nitrogen and oxygen atoms in total. The number of nitrogens with zero attached hydrogens (tertiary/aromatic N) is 3. The summed E-state index contributed by atoms with van der Waals surface area (Å²) < 4.78 is 1.86. The molecule has 0 aliphatic carbocycles. The molecule has 0 aliphatic heterocycles. The van der Waals surface area contributed by atoms with Gasteiger partial charge in [0.25, 0.3) is 5.56 Å². The lowest BCUT2D eigenvalue weighted by molar-refractivity contribution is 0.180. The molecule has 2 aromatic rings. The summed E-state index contributed by atoms with van der Waals surface area (Å²) >= 11 is 3.69. The molecule has 2 aromatic heterocycles. The molecule has 0 bridgehead atoms. The fourth-order valence-corrected chi connectivity index (χ4v) is 1.95. The largest absolute Gasteiger partial charge is 0.422 e. The van der Waals surface area contributed by atoms with Crippen molar-refractivity contribution in [3.05, 3.63) is 31.3 Å². The van der Waals surface area contributed by atoms with E-state index in [9.17, 15) is 19.6 Å². The summed E-state index contributed by atoms with van der Waals surface area (Å²) in [7, 11) is 0. The number of nitrogens with one attached hydrogen (secondary N) is 1. The maximum Gasteiger partial charge on any atom is 0.375 e. The third-order valence-corrected chi connectivity index (χ3v) is 3.26. The number of rotatable bonds is 2. The fraction of sp³-hybridized carbons (Fsp3) is 0.444. The van der Waals surface area contributed by atoms with Crippen LogP contribution in [0.1, 0.15) is 26.3 Å². The number of thiol groups is 1. The highest BCUT2D eigenvalue weighted by Gasteiger charge is 2.20. The molecule has 9 heteroatoms. The lowest BCUT2D eigenvalue weighted by atomic mass is 10.2. The molecular formula is C9H12N4O4S. The van der Waals surface area contributed by atoms with Crippen molar-refractivity contribution in [1.82, 2.24) is 18.3 Å². The van der Waals surface area contributed by atoms with Crippen molar-refractivity contribution in [2.75, 3.05) is 0 Å². The molecule has 2 N–H and O–H groups in total. The highest BCUT2D eigenvalue weighted by atomic mass is 32.1. The van der Waals surface area contributed by atoms with Crippen LogP contribution in [0.15, 0.2) is 14.4 Å². The van der Waals surface area contributed by atoms with Crippen LogP contribution in [0.4, 0.5) is 0 Å². The van der Waals surface area contributed by atoms with Crippen LogP contribution in [0, 0.1) is 0 Å². The van der Waals surface area contributed by atoms with Crippen LogP contribution < -0.4 is 16.9 Å². The van der Waals surface area contributed by atoms with E-state index >= 15 is 0 Å². The van der Waals surface area contributed by atoms with Crippen LogP contribution in [0.5, 0.6) is 0 Å². The van der Waals surface area contributed by atoms with Gasteiger partial charge in [-0.25, -0.2) is 9.59 Å². The van der Waals surface area contributed by atoms with E-state index in [2.05, 4.69) is 17.8 Å². The predicted octanol–water partition coefficient (Wildman–Crippen LogP) is -0.446. The first-order chi connectivity index (χ1) is 8.40. The van der Waals surface area contributed by atoms with Crippen molar-refractivity contribution in [3.8, 4) is 0 Å². The van der Waals surface area contributed by atoms with Gasteiger partial charge in [-0.1, -0.05) is 19.7 Å². The first-order valence-corrected chi connectivity index (χ1v) is 5.70. The lowest BCUT2D eigenvalue weighted by Gasteiger charge is -2.10. The van der Waals surface area contributed by atoms with Gasteiger partial charge in [-0.15, -0.1) is 4.73 Å². The monoisotopic (exact) mass is 272 g/mol. The van der Waals surface area contributed by atoms with Crippen LogP contribution in [0.2, 0.25) is 0 Å². The Labute approximate surface area is 106 Å². The minimum Gasteiger partial charge on any atom is -0.422 e. The molecule has 18 heavy (non-hydrogen) atoms. The minimum atomic E-state index is -1.03. The summed E-state index contributed by atoms with van der Waals surface area (Å²) in [5, 5.41) is 9.57. The number of hydrogen-bond donors (Lipinski definition) is 3. The highest BCUT2D eigenvalue weighted by Crippen LogP contribution is 2.12. The second-order valence-electron chi connectivity index (χ2n) is 3.97. The average molecular weight is 272 g/mol. The van der Waals surface area contributed by atoms with Crippen LogP contribution in [-0.2, 0) is 0 Å². The molecule has 2 rings (SSSR count). The molecule has 1 atom stereocenters. The van der Waals surface area contributed by atoms with Gasteiger partial charge in [-0.05, 0) is 13.3 Å². The van der Waals surface area contributed by atoms with Crippen molar-refractivity contribution < 1.29 is 5.21 Å². The van der Waals surface area contributed by atoms with Crippen molar-refractivity contribution in [3.63, 3.8) is 0 Å². The third kappa shape index (κ3) is 1.50. The predicted molar refractivity (Wildman–Crippen MR) is 67.6 cm³/mol. The molecule has 0 saturated carbocycles. The van der Waals surface area contributed by atoms with Crippen LogP contribution in [-0.4, -0.2) is 23.5 Å². The lowest BCUT2D eigenvalue weighted by Crippen LogP contribution is -2.36. The van der Waals surface area contributed by atoms with Gasteiger partial charge in [0, 0.05) is 6.04 Å². The molecule has 0 spiro atoms. The number of hydrogen-bond acceptors (Lipinski definition) is 5. The van der Waals surface area contributed by atoms with E-state index in [0.29, 0.717) is 10.4 Å². The molecule has 0 fully saturated rings. The number of fused-ring (bicyclic) bond motifs is 1. The number of aromatic nitrogens is 4. The van der Waals surface area contributed by atoms with Gasteiger partial charge >= 0.3 is 11.4 Å². The van der Waals surface area contributed by atoms with E-state index in [4.69, 9.17) is 0 Å². The van der Waals surface area contributed by atoms with E-state index in [1.165, 1.54) is 4.57 Å². The summed E-state index contributed by atoms with van der Waals surface area (Å²) in [5.74, 6) is 0. The van der Waals surface area contributed by atoms with Crippen molar-refractivity contribution in [1.29, 1.82) is 0 Å². The second kappa shape index (κ2) is 4.09. The molecule has 0 saturated heterocycles. The molecule has 0 amide bonds. The second-order valence-corrected chi connectivity index (χ2v) is 4.37. The molecule has 98 valence electrons. The summed E-state index contributed by atoms with van der Waals surface area (Å²) in [6.45, 7) is 3.61. The normalized spacial score (nSPS) is 13.1. The maximum atomic E-state index is 11.9. The van der Waals surface area contributed by atoms with Gasteiger partial charge in [0.05, 0.1) is 0 Å². The van der Waals surface area contributed by atoms with Gasteiger partial charge in [0.2, 0.25) is 0 Å². The SMILES string of the molecule is CCC(C)n1c(=O)[nH]c2c1c(=O)n(S)c(=O)n2O. The van der Waals surface area contributed by atoms with Gasteiger partial charge < -0.3 is 5.21 Å². The standard InChI is InChI=1S/C9H12N4O4S/c1-3-4(2)11-5-6(10-8(11)15)12(17)9(16)13(18)7(5)14/h4,17-18H,3H2,1-2H3,(H,10,15). The number of imidazole rings is 1. The Bertz CT molecular complexity index is 781. The summed E-state index contributed by atoms with van der Waals surface area (Å²) in [4.78, 5) is 37.4. The van der Waals surface area contributed by atoms with E-state index < -0.39 is 16.9 Å². The van der Waals surface area contributed by atoms with E-state index in [-0.39, 0.29) is 21.9 Å². The molecule has 0 aliphatic rings. The third-order valence-electron chi connectivity index (χ3n) is 2.91. The molecule has 2 heterocycles. The molecule has 1 unspecified atom stereocenters. The van der Waals surface area contributed by atoms with Crippen molar-refractivity contribution >= 4 is 24.0 Å². The highest BCUT2D eigenvalue weighted by molar-refractivity contribution is 7.78. The van der Waals surface area contributed by atoms with Crippen LogP contribution in [0.3, 0.4) is 0 Å². The number of H-pyrrole nitrogens is 1. The Hall–Kier alpha value is -1.90. The summed E-state index contributed by atoms with van der Waals surface area (Å²) in [6.07, 6.45) is 0.615. The first kappa shape index (κ1) is 12.6. The van der Waals surface area contributed by atoms with Crippen LogP contribution in [0.25, 0.3) is 11.2 Å². The Morgan fingerprint density at radius 3 is 2.56 bits per heavy atom. The summed E-state index contributed by atoms with van der Waals surface area (Å²) in [6, 6.07) is -0.246. The Balaban J connectivity index is 3.09. The zero-order valence-corrected chi connectivity index (χ0v) is 10.6. The van der Waals surface area contributed by atoms with Crippen LogP contribution >= 0.6 is 12.8 Å². The van der Waals surface area contributed by atoms with Gasteiger partial charge in [-0.2, -0.15) is 3.97 Å². The average Bonchev–Trinajstić information content (AvgIpc) is 2.70. The van der Waals surface area contributed by atoms with Gasteiger partial charge in [0.15, 0.2) is 11.2 Å². The van der Waals surface area contributed by atoms with E-state index in [1.807, 2.05) is 6.92 Å². The molecular weight excluding hydrogens is 260 g/mol. The molecule has 0 radical (unpaired) electrons.